The van der Waals surface area contributed by atoms with Crippen LogP contribution in [0.2, 0.25) is 0 Å². The molecule has 0 spiro atoms. The summed E-state index contributed by atoms with van der Waals surface area (Å²) in [6.45, 7) is 4.85. The average Bonchev–Trinajstić information content (AvgIpc) is 2.89. The predicted octanol–water partition coefficient (Wildman–Crippen LogP) is 3.30. The maximum atomic E-state index is 13.9. The molecule has 8 heteroatoms. The molecule has 1 amide bonds. The van der Waals surface area contributed by atoms with Crippen LogP contribution in [0.3, 0.4) is 0 Å². The summed E-state index contributed by atoms with van der Waals surface area (Å²) in [5.74, 6) is -1.64. The number of benzene rings is 2. The highest BCUT2D eigenvalue weighted by atomic mass is 32.2. The quantitative estimate of drug-likeness (QED) is 0.865. The third-order valence-corrected chi connectivity index (χ3v) is 6.22. The number of hydrogen-bond acceptors (Lipinski definition) is 3. The second-order valence-electron chi connectivity index (χ2n) is 6.74. The van der Waals surface area contributed by atoms with Crippen molar-refractivity contribution in [2.75, 3.05) is 4.90 Å². The fourth-order valence-electron chi connectivity index (χ4n) is 3.47. The lowest BCUT2D eigenvalue weighted by Crippen LogP contribution is -2.33. The molecule has 0 saturated heterocycles. The standard InChI is InChI=1S/C19H20F2N2O3S/c1-11-8-14-9-16(5-7-19(14)23(11)13(3)24)27(25,26)22-12(2)17-6-4-15(20)10-18(17)21/h4-7,9-12,22H,8H2,1-3H3. The Hall–Kier alpha value is -2.32. The SMILES string of the molecule is CC(=O)N1c2ccc(S(=O)(=O)NC(C)c3ccc(F)cc3F)cc2CC1C. The lowest BCUT2D eigenvalue weighted by Gasteiger charge is -2.20. The molecule has 1 aliphatic heterocycles. The van der Waals surface area contributed by atoms with Crippen molar-refractivity contribution >= 4 is 21.6 Å². The van der Waals surface area contributed by atoms with Crippen molar-refractivity contribution in [1.29, 1.82) is 0 Å². The Bertz CT molecular complexity index is 1010. The van der Waals surface area contributed by atoms with Gasteiger partial charge in [-0.15, -0.1) is 0 Å². The fraction of sp³-hybridized carbons (Fsp3) is 0.316. The molecule has 1 aliphatic rings. The van der Waals surface area contributed by atoms with E-state index >= 15 is 0 Å². The van der Waals surface area contributed by atoms with Crippen LogP contribution in [0.25, 0.3) is 0 Å². The van der Waals surface area contributed by atoms with Gasteiger partial charge in [0.15, 0.2) is 0 Å². The molecule has 1 heterocycles. The van der Waals surface area contributed by atoms with Gasteiger partial charge in [0.05, 0.1) is 4.90 Å². The summed E-state index contributed by atoms with van der Waals surface area (Å²) >= 11 is 0. The number of hydrogen-bond donors (Lipinski definition) is 1. The number of nitrogens with zero attached hydrogens (tertiary/aromatic N) is 1. The summed E-state index contributed by atoms with van der Waals surface area (Å²) in [5, 5.41) is 0. The zero-order valence-electron chi connectivity index (χ0n) is 15.2. The van der Waals surface area contributed by atoms with Crippen molar-refractivity contribution in [2.45, 2.75) is 44.2 Å². The highest BCUT2D eigenvalue weighted by molar-refractivity contribution is 7.89. The number of carbonyl (C=O) groups excluding carboxylic acids is 1. The molecule has 0 saturated carbocycles. The molecule has 0 radical (unpaired) electrons. The van der Waals surface area contributed by atoms with Crippen LogP contribution < -0.4 is 9.62 Å². The van der Waals surface area contributed by atoms with Crippen molar-refractivity contribution in [3.8, 4) is 0 Å². The Labute approximate surface area is 157 Å². The molecule has 0 aliphatic carbocycles. The van der Waals surface area contributed by atoms with Crippen LogP contribution >= 0.6 is 0 Å². The van der Waals surface area contributed by atoms with E-state index in [2.05, 4.69) is 4.72 Å². The molecule has 1 N–H and O–H groups in total. The van der Waals surface area contributed by atoms with Crippen molar-refractivity contribution in [3.05, 3.63) is 59.2 Å². The van der Waals surface area contributed by atoms with Crippen molar-refractivity contribution in [2.24, 2.45) is 0 Å². The fourth-order valence-corrected chi connectivity index (χ4v) is 4.74. The highest BCUT2D eigenvalue weighted by Gasteiger charge is 2.30. The molecule has 0 bridgehead atoms. The van der Waals surface area contributed by atoms with E-state index in [0.29, 0.717) is 18.2 Å². The Morgan fingerprint density at radius 2 is 1.93 bits per heavy atom. The topological polar surface area (TPSA) is 66.5 Å². The predicted molar refractivity (Wildman–Crippen MR) is 97.9 cm³/mol. The first-order valence-electron chi connectivity index (χ1n) is 8.50. The zero-order chi connectivity index (χ0) is 19.9. The molecule has 3 rings (SSSR count). The summed E-state index contributed by atoms with van der Waals surface area (Å²) in [6, 6.07) is 6.65. The van der Waals surface area contributed by atoms with Gasteiger partial charge in [-0.2, -0.15) is 0 Å². The van der Waals surface area contributed by atoms with E-state index in [1.165, 1.54) is 32.0 Å². The van der Waals surface area contributed by atoms with Crippen LogP contribution in [0.1, 0.15) is 37.9 Å². The van der Waals surface area contributed by atoms with E-state index in [4.69, 9.17) is 0 Å². The van der Waals surface area contributed by atoms with Crippen LogP contribution in [-0.2, 0) is 21.2 Å². The first kappa shape index (κ1) is 19.4. The smallest absolute Gasteiger partial charge is 0.241 e. The largest absolute Gasteiger partial charge is 0.309 e. The van der Waals surface area contributed by atoms with Gasteiger partial charge in [0.2, 0.25) is 15.9 Å². The molecule has 27 heavy (non-hydrogen) atoms. The molecule has 0 aromatic heterocycles. The van der Waals surface area contributed by atoms with Crippen LogP contribution in [0.15, 0.2) is 41.3 Å². The number of halogens is 2. The lowest BCUT2D eigenvalue weighted by atomic mass is 10.1. The molecule has 144 valence electrons. The number of sulfonamides is 1. The number of anilines is 1. The van der Waals surface area contributed by atoms with Gasteiger partial charge in [-0.25, -0.2) is 21.9 Å². The minimum absolute atomic E-state index is 0.0354. The second-order valence-corrected chi connectivity index (χ2v) is 8.46. The summed E-state index contributed by atoms with van der Waals surface area (Å²) in [7, 11) is -3.93. The van der Waals surface area contributed by atoms with Crippen molar-refractivity contribution in [3.63, 3.8) is 0 Å². The molecular formula is C19H20F2N2O3S. The van der Waals surface area contributed by atoms with Gasteiger partial charge in [0, 0.05) is 36.3 Å². The minimum Gasteiger partial charge on any atom is -0.309 e. The molecular weight excluding hydrogens is 374 g/mol. The van der Waals surface area contributed by atoms with Gasteiger partial charge in [-0.3, -0.25) is 4.79 Å². The summed E-state index contributed by atoms with van der Waals surface area (Å²) < 4.78 is 54.8. The summed E-state index contributed by atoms with van der Waals surface area (Å²) in [6.07, 6.45) is 0.556. The van der Waals surface area contributed by atoms with E-state index in [9.17, 15) is 22.0 Å². The molecule has 2 unspecified atom stereocenters. The van der Waals surface area contributed by atoms with E-state index in [1.807, 2.05) is 6.92 Å². The summed E-state index contributed by atoms with van der Waals surface area (Å²) in [5.41, 5.74) is 1.52. The van der Waals surface area contributed by atoms with Gasteiger partial charge >= 0.3 is 0 Å². The normalized spacial score (nSPS) is 17.7. The summed E-state index contributed by atoms with van der Waals surface area (Å²) in [4.78, 5) is 13.5. The van der Waals surface area contributed by atoms with Crippen LogP contribution in [-0.4, -0.2) is 20.4 Å². The van der Waals surface area contributed by atoms with Gasteiger partial charge in [0.1, 0.15) is 11.6 Å². The Morgan fingerprint density at radius 3 is 2.56 bits per heavy atom. The van der Waals surface area contributed by atoms with Crippen molar-refractivity contribution < 1.29 is 22.0 Å². The second kappa shape index (κ2) is 7.01. The van der Waals surface area contributed by atoms with Crippen LogP contribution in [0, 0.1) is 11.6 Å². The Morgan fingerprint density at radius 1 is 1.22 bits per heavy atom. The van der Waals surface area contributed by atoms with Crippen molar-refractivity contribution in [1.82, 2.24) is 4.72 Å². The zero-order valence-corrected chi connectivity index (χ0v) is 16.0. The highest BCUT2D eigenvalue weighted by Crippen LogP contribution is 2.34. The number of nitrogens with one attached hydrogen (secondary N) is 1. The number of carbonyl (C=O) groups is 1. The van der Waals surface area contributed by atoms with Gasteiger partial charge in [0.25, 0.3) is 0 Å². The molecule has 5 nitrogen and oxygen atoms in total. The van der Waals surface area contributed by atoms with E-state index < -0.39 is 27.7 Å². The number of rotatable bonds is 4. The first-order valence-corrected chi connectivity index (χ1v) is 9.98. The monoisotopic (exact) mass is 394 g/mol. The maximum Gasteiger partial charge on any atom is 0.241 e. The molecule has 2 aromatic carbocycles. The molecule has 2 aromatic rings. The molecule has 0 fully saturated rings. The van der Waals surface area contributed by atoms with Gasteiger partial charge in [-0.1, -0.05) is 6.07 Å². The Balaban J connectivity index is 1.88. The molecule has 2 atom stereocenters. The maximum absolute atomic E-state index is 13.9. The van der Waals surface area contributed by atoms with E-state index in [1.54, 1.807) is 11.0 Å². The third-order valence-electron chi connectivity index (χ3n) is 4.68. The number of amides is 1. The van der Waals surface area contributed by atoms with E-state index in [-0.39, 0.29) is 22.4 Å². The van der Waals surface area contributed by atoms with Gasteiger partial charge < -0.3 is 4.90 Å². The first-order chi connectivity index (χ1) is 12.6. The number of fused-ring (bicyclic) bond motifs is 1. The third kappa shape index (κ3) is 3.72. The van der Waals surface area contributed by atoms with Crippen LogP contribution in [0.4, 0.5) is 14.5 Å². The van der Waals surface area contributed by atoms with E-state index in [0.717, 1.165) is 11.6 Å². The minimum atomic E-state index is -3.93. The lowest BCUT2D eigenvalue weighted by molar-refractivity contribution is -0.116. The van der Waals surface area contributed by atoms with Gasteiger partial charge in [-0.05, 0) is 50.1 Å². The average molecular weight is 394 g/mol. The Kier molecular flexibility index (Phi) is 5.05. The van der Waals surface area contributed by atoms with Crippen LogP contribution in [0.5, 0.6) is 0 Å².